The van der Waals surface area contributed by atoms with Crippen LogP contribution in [0.1, 0.15) is 5.56 Å². The van der Waals surface area contributed by atoms with Crippen molar-refractivity contribution in [2.75, 3.05) is 0 Å². The molecule has 5 heteroatoms. The van der Waals surface area contributed by atoms with Gasteiger partial charge in [0, 0.05) is 18.2 Å². The predicted molar refractivity (Wildman–Crippen MR) is 50.5 cm³/mol. The second-order valence-corrected chi connectivity index (χ2v) is 1.98. The van der Waals surface area contributed by atoms with Gasteiger partial charge in [0.15, 0.2) is 0 Å². The van der Waals surface area contributed by atoms with Gasteiger partial charge >= 0.3 is 0 Å². The Labute approximate surface area is 82.4 Å². The highest BCUT2D eigenvalue weighted by atomic mass is 35.5. The zero-order valence-electron chi connectivity index (χ0n) is 6.16. The smallest absolute Gasteiger partial charge is 0.131 e. The molecule has 0 radical (unpaired) electrons. The molecule has 0 aliphatic rings. The van der Waals surface area contributed by atoms with E-state index in [1.807, 2.05) is 0 Å². The van der Waals surface area contributed by atoms with Gasteiger partial charge in [-0.05, 0) is 6.07 Å². The van der Waals surface area contributed by atoms with Gasteiger partial charge < -0.3 is 10.8 Å². The van der Waals surface area contributed by atoms with Crippen molar-refractivity contribution in [1.82, 2.24) is 0 Å². The normalized spacial score (nSPS) is 8.17. The van der Waals surface area contributed by atoms with Gasteiger partial charge in [0.1, 0.15) is 11.6 Å². The predicted octanol–water partition coefficient (Wildman–Crippen LogP) is 1.83. The molecule has 0 aliphatic carbocycles. The van der Waals surface area contributed by atoms with Crippen molar-refractivity contribution in [3.8, 4) is 5.75 Å². The van der Waals surface area contributed by atoms with E-state index in [2.05, 4.69) is 0 Å². The van der Waals surface area contributed by atoms with E-state index in [1.165, 1.54) is 12.1 Å². The van der Waals surface area contributed by atoms with Crippen LogP contribution in [0.15, 0.2) is 18.2 Å². The number of hydrogen-bond donors (Lipinski definition) is 2. The Morgan fingerprint density at radius 1 is 1.33 bits per heavy atom. The van der Waals surface area contributed by atoms with Gasteiger partial charge in [-0.25, -0.2) is 4.39 Å². The Morgan fingerprint density at radius 3 is 2.33 bits per heavy atom. The standard InChI is InChI=1S/C7H8FNO.2ClH/c8-7-3-6(10)2-1-5(7)4-9;;/h1-3,10H,4,9H2;2*1H. The number of nitrogens with two attached hydrogens (primary N) is 1. The third-order valence-corrected chi connectivity index (χ3v) is 1.26. The minimum Gasteiger partial charge on any atom is -0.508 e. The molecule has 0 amide bonds. The van der Waals surface area contributed by atoms with Crippen LogP contribution in [-0.2, 0) is 6.54 Å². The van der Waals surface area contributed by atoms with Crippen molar-refractivity contribution >= 4 is 24.8 Å². The fourth-order valence-corrected chi connectivity index (χ4v) is 0.702. The monoisotopic (exact) mass is 213 g/mol. The van der Waals surface area contributed by atoms with Gasteiger partial charge in [0.2, 0.25) is 0 Å². The van der Waals surface area contributed by atoms with E-state index >= 15 is 0 Å². The third-order valence-electron chi connectivity index (χ3n) is 1.26. The van der Waals surface area contributed by atoms with E-state index < -0.39 is 5.82 Å². The summed E-state index contributed by atoms with van der Waals surface area (Å²) in [4.78, 5) is 0. The largest absolute Gasteiger partial charge is 0.508 e. The number of phenolic OH excluding ortho intramolecular Hbond substituents is 1. The molecule has 2 nitrogen and oxygen atoms in total. The van der Waals surface area contributed by atoms with E-state index in [-0.39, 0.29) is 37.1 Å². The van der Waals surface area contributed by atoms with Crippen LogP contribution < -0.4 is 5.73 Å². The summed E-state index contributed by atoms with van der Waals surface area (Å²) in [6.45, 7) is 0.159. The first-order valence-corrected chi connectivity index (χ1v) is 2.91. The number of hydrogen-bond acceptors (Lipinski definition) is 2. The molecule has 70 valence electrons. The lowest BCUT2D eigenvalue weighted by Crippen LogP contribution is -1.98. The fourth-order valence-electron chi connectivity index (χ4n) is 0.702. The molecule has 0 aliphatic heterocycles. The van der Waals surface area contributed by atoms with Crippen molar-refractivity contribution in [2.24, 2.45) is 5.73 Å². The highest BCUT2D eigenvalue weighted by Gasteiger charge is 1.98. The summed E-state index contributed by atoms with van der Waals surface area (Å²) in [5.41, 5.74) is 5.59. The summed E-state index contributed by atoms with van der Waals surface area (Å²) in [6, 6.07) is 3.91. The molecule has 1 aromatic carbocycles. The van der Waals surface area contributed by atoms with Gasteiger partial charge in [-0.15, -0.1) is 24.8 Å². The quantitative estimate of drug-likeness (QED) is 0.749. The zero-order chi connectivity index (χ0) is 7.56. The van der Waals surface area contributed by atoms with Crippen LogP contribution in [0.3, 0.4) is 0 Å². The van der Waals surface area contributed by atoms with Crippen LogP contribution in [0.4, 0.5) is 4.39 Å². The molecule has 0 saturated carbocycles. The molecule has 0 unspecified atom stereocenters. The minimum absolute atomic E-state index is 0. The SMILES string of the molecule is Cl.Cl.NCc1ccc(O)cc1F. The van der Waals surface area contributed by atoms with Gasteiger partial charge in [0.25, 0.3) is 0 Å². The van der Waals surface area contributed by atoms with Crippen LogP contribution in [0.25, 0.3) is 0 Å². The Kier molecular flexibility index (Phi) is 7.09. The number of benzene rings is 1. The third kappa shape index (κ3) is 3.26. The minimum atomic E-state index is -0.456. The van der Waals surface area contributed by atoms with Crippen molar-refractivity contribution in [3.05, 3.63) is 29.6 Å². The highest BCUT2D eigenvalue weighted by Crippen LogP contribution is 2.13. The molecule has 3 N–H and O–H groups in total. The van der Waals surface area contributed by atoms with Gasteiger partial charge in [-0.3, -0.25) is 0 Å². The van der Waals surface area contributed by atoms with Gasteiger partial charge in [-0.1, -0.05) is 6.07 Å². The summed E-state index contributed by atoms with van der Waals surface area (Å²) >= 11 is 0. The van der Waals surface area contributed by atoms with Crippen LogP contribution >= 0.6 is 24.8 Å². The molecular weight excluding hydrogens is 204 g/mol. The second kappa shape index (κ2) is 6.06. The molecule has 0 aromatic heterocycles. The second-order valence-electron chi connectivity index (χ2n) is 1.98. The Bertz CT molecular complexity index is 245. The maximum atomic E-state index is 12.6. The zero-order valence-corrected chi connectivity index (χ0v) is 7.79. The molecule has 0 atom stereocenters. The first-order chi connectivity index (χ1) is 4.74. The van der Waals surface area contributed by atoms with E-state index in [1.54, 1.807) is 0 Å². The van der Waals surface area contributed by atoms with Crippen LogP contribution in [0, 0.1) is 5.82 Å². The maximum Gasteiger partial charge on any atom is 0.131 e. The molecule has 1 rings (SSSR count). The van der Waals surface area contributed by atoms with Gasteiger partial charge in [0.05, 0.1) is 0 Å². The molecule has 0 bridgehead atoms. The topological polar surface area (TPSA) is 46.2 Å². The highest BCUT2D eigenvalue weighted by molar-refractivity contribution is 5.85. The average molecular weight is 214 g/mol. The summed E-state index contributed by atoms with van der Waals surface area (Å²) in [6.07, 6.45) is 0. The molecule has 0 heterocycles. The molecular formula is C7H10Cl2FNO. The van der Waals surface area contributed by atoms with E-state index in [0.29, 0.717) is 5.56 Å². The number of rotatable bonds is 1. The number of halogens is 3. The van der Waals surface area contributed by atoms with E-state index in [0.717, 1.165) is 6.07 Å². The van der Waals surface area contributed by atoms with Crippen molar-refractivity contribution in [3.63, 3.8) is 0 Å². The summed E-state index contributed by atoms with van der Waals surface area (Å²) in [5, 5.41) is 8.75. The summed E-state index contributed by atoms with van der Waals surface area (Å²) in [7, 11) is 0. The van der Waals surface area contributed by atoms with Crippen molar-refractivity contribution in [2.45, 2.75) is 6.54 Å². The Balaban J connectivity index is 0. The summed E-state index contributed by atoms with van der Waals surface area (Å²) < 4.78 is 12.6. The van der Waals surface area contributed by atoms with Crippen LogP contribution in [0.2, 0.25) is 0 Å². The Hall–Kier alpha value is -0.510. The molecule has 0 saturated heterocycles. The van der Waals surface area contributed by atoms with Crippen LogP contribution in [-0.4, -0.2) is 5.11 Å². The van der Waals surface area contributed by atoms with E-state index in [9.17, 15) is 4.39 Å². The lowest BCUT2D eigenvalue weighted by molar-refractivity contribution is 0.468. The number of phenols is 1. The maximum absolute atomic E-state index is 12.6. The molecule has 0 fully saturated rings. The first kappa shape index (κ1) is 14.0. The average Bonchev–Trinajstić information content (AvgIpc) is 1.88. The van der Waals surface area contributed by atoms with Crippen molar-refractivity contribution in [1.29, 1.82) is 0 Å². The lowest BCUT2D eigenvalue weighted by atomic mass is 10.2. The van der Waals surface area contributed by atoms with Gasteiger partial charge in [-0.2, -0.15) is 0 Å². The molecule has 0 spiro atoms. The van der Waals surface area contributed by atoms with Crippen LogP contribution in [0.5, 0.6) is 5.75 Å². The first-order valence-electron chi connectivity index (χ1n) is 2.91. The molecule has 1 aromatic rings. The summed E-state index contributed by atoms with van der Waals surface area (Å²) in [5.74, 6) is -0.530. The molecule has 12 heavy (non-hydrogen) atoms. The van der Waals surface area contributed by atoms with Crippen molar-refractivity contribution < 1.29 is 9.50 Å². The lowest BCUT2D eigenvalue weighted by Gasteiger charge is -1.97. The number of aromatic hydroxyl groups is 1. The fraction of sp³-hybridized carbons (Fsp3) is 0.143. The van der Waals surface area contributed by atoms with E-state index in [4.69, 9.17) is 10.8 Å². The Morgan fingerprint density at radius 2 is 1.92 bits per heavy atom.